The number of hydrogen-bond acceptors (Lipinski definition) is 1. The lowest BCUT2D eigenvalue weighted by Crippen LogP contribution is -1.99. The summed E-state index contributed by atoms with van der Waals surface area (Å²) in [5.74, 6) is -0.169. The van der Waals surface area contributed by atoms with Gasteiger partial charge in [-0.25, -0.2) is 4.39 Å². The van der Waals surface area contributed by atoms with E-state index in [0.717, 1.165) is 16.7 Å². The maximum atomic E-state index is 13.1. The van der Waals surface area contributed by atoms with Crippen LogP contribution < -0.4 is 5.32 Å². The van der Waals surface area contributed by atoms with Crippen LogP contribution in [-0.4, -0.2) is 0 Å². The second-order valence-corrected chi connectivity index (χ2v) is 4.86. The monoisotopic (exact) mass is 293 g/mol. The Morgan fingerprint density at radius 1 is 1.18 bits per heavy atom. The molecule has 0 saturated carbocycles. The molecule has 0 amide bonds. The summed E-state index contributed by atoms with van der Waals surface area (Å²) in [5.41, 5.74) is 2.77. The molecule has 0 fully saturated rings. The molecule has 0 saturated heterocycles. The largest absolute Gasteiger partial charge is 0.381 e. The van der Waals surface area contributed by atoms with Crippen LogP contribution in [0.4, 0.5) is 10.1 Å². The van der Waals surface area contributed by atoms with Crippen LogP contribution in [0, 0.1) is 12.7 Å². The highest BCUT2D eigenvalue weighted by molar-refractivity contribution is 9.10. The molecule has 0 unspecified atom stereocenters. The van der Waals surface area contributed by atoms with E-state index in [-0.39, 0.29) is 5.82 Å². The maximum Gasteiger partial charge on any atom is 0.126 e. The van der Waals surface area contributed by atoms with Crippen molar-refractivity contribution in [3.63, 3.8) is 0 Å². The molecule has 0 bridgehead atoms. The van der Waals surface area contributed by atoms with Gasteiger partial charge in [-0.1, -0.05) is 28.1 Å². The van der Waals surface area contributed by atoms with Crippen LogP contribution in [0.5, 0.6) is 0 Å². The molecule has 1 nitrogen and oxygen atoms in total. The number of aryl methyl sites for hydroxylation is 1. The van der Waals surface area contributed by atoms with Gasteiger partial charge in [0.05, 0.1) is 0 Å². The Morgan fingerprint density at radius 2 is 2.00 bits per heavy atom. The molecule has 17 heavy (non-hydrogen) atoms. The van der Waals surface area contributed by atoms with Crippen molar-refractivity contribution in [2.75, 3.05) is 5.32 Å². The Hall–Kier alpha value is -1.35. The molecule has 2 rings (SSSR count). The third-order valence-electron chi connectivity index (χ3n) is 2.54. The first-order chi connectivity index (χ1) is 8.15. The Labute approximate surface area is 109 Å². The zero-order valence-corrected chi connectivity index (χ0v) is 11.1. The molecule has 0 atom stereocenters. The van der Waals surface area contributed by atoms with E-state index in [1.807, 2.05) is 24.3 Å². The summed E-state index contributed by atoms with van der Waals surface area (Å²) in [7, 11) is 0. The summed E-state index contributed by atoms with van der Waals surface area (Å²) >= 11 is 3.43. The Kier molecular flexibility index (Phi) is 3.79. The van der Waals surface area contributed by atoms with E-state index in [4.69, 9.17) is 0 Å². The van der Waals surface area contributed by atoms with Crippen molar-refractivity contribution < 1.29 is 4.39 Å². The van der Waals surface area contributed by atoms with Crippen LogP contribution in [-0.2, 0) is 6.54 Å². The summed E-state index contributed by atoms with van der Waals surface area (Å²) in [5, 5.41) is 3.27. The smallest absolute Gasteiger partial charge is 0.126 e. The molecular weight excluding hydrogens is 281 g/mol. The quantitative estimate of drug-likeness (QED) is 0.878. The topological polar surface area (TPSA) is 12.0 Å². The maximum absolute atomic E-state index is 13.1. The Morgan fingerprint density at radius 3 is 2.71 bits per heavy atom. The highest BCUT2D eigenvalue weighted by Gasteiger charge is 1.99. The van der Waals surface area contributed by atoms with Gasteiger partial charge in [-0.2, -0.15) is 0 Å². The van der Waals surface area contributed by atoms with Gasteiger partial charge in [-0.3, -0.25) is 0 Å². The minimum atomic E-state index is -0.169. The minimum absolute atomic E-state index is 0.169. The number of anilines is 1. The van der Waals surface area contributed by atoms with E-state index in [1.165, 1.54) is 11.6 Å². The summed E-state index contributed by atoms with van der Waals surface area (Å²) in [6.07, 6.45) is 0. The summed E-state index contributed by atoms with van der Waals surface area (Å²) < 4.78 is 14.1. The van der Waals surface area contributed by atoms with Gasteiger partial charge >= 0.3 is 0 Å². The first-order valence-electron chi connectivity index (χ1n) is 5.39. The van der Waals surface area contributed by atoms with Gasteiger partial charge in [0.15, 0.2) is 0 Å². The summed E-state index contributed by atoms with van der Waals surface area (Å²) in [4.78, 5) is 0. The third-order valence-corrected chi connectivity index (χ3v) is 3.04. The van der Waals surface area contributed by atoms with Crippen molar-refractivity contribution in [1.29, 1.82) is 0 Å². The second kappa shape index (κ2) is 5.32. The van der Waals surface area contributed by atoms with Crippen molar-refractivity contribution >= 4 is 21.6 Å². The van der Waals surface area contributed by atoms with E-state index in [0.29, 0.717) is 5.56 Å². The fourth-order valence-corrected chi connectivity index (χ4v) is 2.05. The highest BCUT2D eigenvalue weighted by atomic mass is 79.9. The van der Waals surface area contributed by atoms with Crippen molar-refractivity contribution in [2.45, 2.75) is 13.5 Å². The van der Waals surface area contributed by atoms with Gasteiger partial charge in [0.25, 0.3) is 0 Å². The van der Waals surface area contributed by atoms with Crippen LogP contribution in [0.1, 0.15) is 11.1 Å². The zero-order chi connectivity index (χ0) is 12.3. The molecule has 0 aromatic heterocycles. The van der Waals surface area contributed by atoms with Crippen molar-refractivity contribution in [2.24, 2.45) is 0 Å². The first kappa shape index (κ1) is 12.1. The molecule has 1 N–H and O–H groups in total. The SMILES string of the molecule is Cc1cc(NCc2cccc(Br)c2)ccc1F. The molecule has 2 aromatic rings. The Balaban J connectivity index is 2.05. The van der Waals surface area contributed by atoms with Gasteiger partial charge in [-0.15, -0.1) is 0 Å². The third kappa shape index (κ3) is 3.30. The lowest BCUT2D eigenvalue weighted by molar-refractivity contribution is 0.618. The van der Waals surface area contributed by atoms with Crippen LogP contribution in [0.15, 0.2) is 46.9 Å². The van der Waals surface area contributed by atoms with Crippen molar-refractivity contribution in [3.8, 4) is 0 Å². The lowest BCUT2D eigenvalue weighted by Gasteiger charge is -2.08. The minimum Gasteiger partial charge on any atom is -0.381 e. The number of hydrogen-bond donors (Lipinski definition) is 1. The second-order valence-electron chi connectivity index (χ2n) is 3.95. The molecule has 2 aromatic carbocycles. The van der Waals surface area contributed by atoms with Crippen LogP contribution in [0.3, 0.4) is 0 Å². The van der Waals surface area contributed by atoms with Gasteiger partial charge in [0, 0.05) is 16.7 Å². The fraction of sp³-hybridized carbons (Fsp3) is 0.143. The molecule has 0 aliphatic heterocycles. The normalized spacial score (nSPS) is 10.3. The number of rotatable bonds is 3. The molecule has 0 spiro atoms. The average molecular weight is 294 g/mol. The summed E-state index contributed by atoms with van der Waals surface area (Å²) in [6, 6.07) is 13.1. The van der Waals surface area contributed by atoms with Crippen LogP contribution >= 0.6 is 15.9 Å². The standard InChI is InChI=1S/C14H13BrFN/c1-10-7-13(5-6-14(10)16)17-9-11-3-2-4-12(15)8-11/h2-8,17H,9H2,1H3. The van der Waals surface area contributed by atoms with E-state index < -0.39 is 0 Å². The van der Waals surface area contributed by atoms with Gasteiger partial charge in [0.2, 0.25) is 0 Å². The highest BCUT2D eigenvalue weighted by Crippen LogP contribution is 2.16. The van der Waals surface area contributed by atoms with E-state index in [1.54, 1.807) is 13.0 Å². The molecular formula is C14H13BrFN. The summed E-state index contributed by atoms with van der Waals surface area (Å²) in [6.45, 7) is 2.49. The fourth-order valence-electron chi connectivity index (χ4n) is 1.61. The first-order valence-corrected chi connectivity index (χ1v) is 6.19. The van der Waals surface area contributed by atoms with Gasteiger partial charge in [-0.05, 0) is 48.4 Å². The van der Waals surface area contributed by atoms with Gasteiger partial charge < -0.3 is 5.32 Å². The zero-order valence-electron chi connectivity index (χ0n) is 9.50. The molecule has 88 valence electrons. The van der Waals surface area contributed by atoms with E-state index in [2.05, 4.69) is 27.3 Å². The number of halogens is 2. The van der Waals surface area contributed by atoms with Gasteiger partial charge in [0.1, 0.15) is 5.82 Å². The molecule has 3 heteroatoms. The van der Waals surface area contributed by atoms with E-state index in [9.17, 15) is 4.39 Å². The van der Waals surface area contributed by atoms with Crippen molar-refractivity contribution in [3.05, 3.63) is 63.9 Å². The predicted octanol–water partition coefficient (Wildman–Crippen LogP) is 4.51. The number of benzene rings is 2. The molecule has 0 heterocycles. The molecule has 0 radical (unpaired) electrons. The number of nitrogens with one attached hydrogen (secondary N) is 1. The Bertz CT molecular complexity index is 525. The van der Waals surface area contributed by atoms with E-state index >= 15 is 0 Å². The van der Waals surface area contributed by atoms with Crippen LogP contribution in [0.2, 0.25) is 0 Å². The predicted molar refractivity (Wildman–Crippen MR) is 72.6 cm³/mol. The average Bonchev–Trinajstić information content (AvgIpc) is 2.31. The van der Waals surface area contributed by atoms with Crippen molar-refractivity contribution in [1.82, 2.24) is 0 Å². The lowest BCUT2D eigenvalue weighted by atomic mass is 10.2. The molecule has 0 aliphatic rings. The molecule has 0 aliphatic carbocycles. The van der Waals surface area contributed by atoms with Crippen LogP contribution in [0.25, 0.3) is 0 Å².